The third-order valence-corrected chi connectivity index (χ3v) is 4.95. The highest BCUT2D eigenvalue weighted by Crippen LogP contribution is 2.23. The maximum absolute atomic E-state index is 12.4. The van der Waals surface area contributed by atoms with E-state index in [0.29, 0.717) is 28.3 Å². The SMILES string of the molecule is CN(C)C(=O)c1ccc(-c2ccc(Nc3cncc(NC(=O)c4ccnc(N)c4)c3)nc2)cc1. The first kappa shape index (κ1) is 22.4. The molecule has 9 nitrogen and oxygen atoms in total. The molecule has 1 aromatic carbocycles. The van der Waals surface area contributed by atoms with E-state index < -0.39 is 0 Å². The normalized spacial score (nSPS) is 10.4. The molecule has 9 heteroatoms. The lowest BCUT2D eigenvalue weighted by Crippen LogP contribution is -2.21. The molecule has 0 aliphatic heterocycles. The van der Waals surface area contributed by atoms with Crippen LogP contribution in [0.1, 0.15) is 20.7 Å². The molecule has 34 heavy (non-hydrogen) atoms. The van der Waals surface area contributed by atoms with Crippen LogP contribution in [0.25, 0.3) is 11.1 Å². The predicted octanol–water partition coefficient (Wildman–Crippen LogP) is 3.82. The van der Waals surface area contributed by atoms with Crippen molar-refractivity contribution in [2.75, 3.05) is 30.5 Å². The summed E-state index contributed by atoms with van der Waals surface area (Å²) in [6.07, 6.45) is 6.41. The van der Waals surface area contributed by atoms with E-state index in [1.54, 1.807) is 61.9 Å². The molecule has 4 N–H and O–H groups in total. The van der Waals surface area contributed by atoms with Gasteiger partial charge in [-0.25, -0.2) is 9.97 Å². The lowest BCUT2D eigenvalue weighted by molar-refractivity contribution is 0.0827. The number of benzene rings is 1. The maximum Gasteiger partial charge on any atom is 0.255 e. The van der Waals surface area contributed by atoms with Crippen molar-refractivity contribution in [1.29, 1.82) is 0 Å². The highest BCUT2D eigenvalue weighted by atomic mass is 16.2. The molecule has 4 aromatic rings. The molecule has 0 fully saturated rings. The third kappa shape index (κ3) is 5.33. The summed E-state index contributed by atoms with van der Waals surface area (Å²) in [7, 11) is 3.45. The van der Waals surface area contributed by atoms with Crippen molar-refractivity contribution in [3.8, 4) is 11.1 Å². The minimum Gasteiger partial charge on any atom is -0.384 e. The molecule has 2 amide bonds. The standard InChI is InChI=1S/C25H23N7O2/c1-32(2)25(34)17-5-3-16(4-6-17)19-7-8-23(29-13-19)30-20-12-21(15-27-14-20)31-24(33)18-9-10-28-22(26)11-18/h3-15H,1-2H3,(H2,26,28)(H,29,30)(H,31,33). The van der Waals surface area contributed by atoms with Crippen molar-refractivity contribution in [3.63, 3.8) is 0 Å². The van der Waals surface area contributed by atoms with Gasteiger partial charge in [0.2, 0.25) is 0 Å². The Labute approximate surface area is 196 Å². The number of aromatic nitrogens is 3. The van der Waals surface area contributed by atoms with Gasteiger partial charge in [0.25, 0.3) is 11.8 Å². The van der Waals surface area contributed by atoms with E-state index in [4.69, 9.17) is 5.73 Å². The molecule has 0 aliphatic carbocycles. The molecule has 3 aromatic heterocycles. The number of hydrogen-bond donors (Lipinski definition) is 3. The van der Waals surface area contributed by atoms with Crippen LogP contribution in [0.4, 0.5) is 23.0 Å². The van der Waals surface area contributed by atoms with E-state index in [9.17, 15) is 9.59 Å². The molecule has 3 heterocycles. The number of carbonyl (C=O) groups is 2. The molecule has 0 bridgehead atoms. The third-order valence-electron chi connectivity index (χ3n) is 4.95. The summed E-state index contributed by atoms with van der Waals surface area (Å²) in [5.74, 6) is 0.541. The van der Waals surface area contributed by atoms with Crippen LogP contribution in [0, 0.1) is 0 Å². The monoisotopic (exact) mass is 453 g/mol. The molecule has 170 valence electrons. The number of carbonyl (C=O) groups excluding carboxylic acids is 2. The van der Waals surface area contributed by atoms with Crippen molar-refractivity contribution in [1.82, 2.24) is 19.9 Å². The molecule has 4 rings (SSSR count). The Morgan fingerprint density at radius 1 is 0.824 bits per heavy atom. The summed E-state index contributed by atoms with van der Waals surface area (Å²) >= 11 is 0. The fourth-order valence-electron chi connectivity index (χ4n) is 3.22. The molecular formula is C25H23N7O2. The minimum absolute atomic E-state index is 0.0406. The fraction of sp³-hybridized carbons (Fsp3) is 0.0800. The second kappa shape index (κ2) is 9.78. The second-order valence-corrected chi connectivity index (χ2v) is 7.72. The lowest BCUT2D eigenvalue weighted by Gasteiger charge is -2.11. The van der Waals surface area contributed by atoms with Gasteiger partial charge in [-0.05, 0) is 48.0 Å². The Bertz CT molecular complexity index is 1320. The van der Waals surface area contributed by atoms with Crippen LogP contribution in [-0.4, -0.2) is 45.8 Å². The Balaban J connectivity index is 1.42. The van der Waals surface area contributed by atoms with Gasteiger partial charge < -0.3 is 21.3 Å². The molecule has 0 aliphatic rings. The molecular weight excluding hydrogens is 430 g/mol. The van der Waals surface area contributed by atoms with Crippen molar-refractivity contribution in [2.45, 2.75) is 0 Å². The van der Waals surface area contributed by atoms with Crippen LogP contribution in [-0.2, 0) is 0 Å². The number of hydrogen-bond acceptors (Lipinski definition) is 7. The summed E-state index contributed by atoms with van der Waals surface area (Å²) in [6.45, 7) is 0. The van der Waals surface area contributed by atoms with E-state index in [1.807, 2.05) is 24.3 Å². The first-order chi connectivity index (χ1) is 16.4. The van der Waals surface area contributed by atoms with Crippen molar-refractivity contribution >= 4 is 34.8 Å². The van der Waals surface area contributed by atoms with Crippen molar-refractivity contribution < 1.29 is 9.59 Å². The first-order valence-corrected chi connectivity index (χ1v) is 10.4. The highest BCUT2D eigenvalue weighted by Gasteiger charge is 2.09. The van der Waals surface area contributed by atoms with E-state index in [1.165, 1.54) is 12.3 Å². The fourth-order valence-corrected chi connectivity index (χ4v) is 3.22. The van der Waals surface area contributed by atoms with Crippen LogP contribution in [0.15, 0.2) is 79.4 Å². The van der Waals surface area contributed by atoms with E-state index in [0.717, 1.165) is 11.1 Å². The average Bonchev–Trinajstić information content (AvgIpc) is 2.84. The zero-order valence-electron chi connectivity index (χ0n) is 18.7. The number of amides is 2. The second-order valence-electron chi connectivity index (χ2n) is 7.72. The number of nitrogens with two attached hydrogens (primary N) is 1. The van der Waals surface area contributed by atoms with Crippen LogP contribution >= 0.6 is 0 Å². The van der Waals surface area contributed by atoms with Crippen LogP contribution in [0.2, 0.25) is 0 Å². The van der Waals surface area contributed by atoms with E-state index >= 15 is 0 Å². The Kier molecular flexibility index (Phi) is 6.45. The number of nitrogen functional groups attached to an aromatic ring is 1. The Morgan fingerprint density at radius 3 is 2.24 bits per heavy atom. The van der Waals surface area contributed by atoms with Gasteiger partial charge in [0, 0.05) is 43.2 Å². The number of anilines is 4. The summed E-state index contributed by atoms with van der Waals surface area (Å²) in [6, 6.07) is 16.0. The van der Waals surface area contributed by atoms with Crippen LogP contribution < -0.4 is 16.4 Å². The topological polar surface area (TPSA) is 126 Å². The molecule has 0 spiro atoms. The van der Waals surface area contributed by atoms with Crippen molar-refractivity contribution in [2.24, 2.45) is 0 Å². The zero-order valence-corrected chi connectivity index (χ0v) is 18.7. The highest BCUT2D eigenvalue weighted by molar-refractivity contribution is 6.04. The number of nitrogens with zero attached hydrogens (tertiary/aromatic N) is 4. The number of rotatable bonds is 6. The summed E-state index contributed by atoms with van der Waals surface area (Å²) in [4.78, 5) is 38.5. The van der Waals surface area contributed by atoms with Gasteiger partial charge in [-0.15, -0.1) is 0 Å². The van der Waals surface area contributed by atoms with Gasteiger partial charge in [0.1, 0.15) is 11.6 Å². The predicted molar refractivity (Wildman–Crippen MR) is 132 cm³/mol. The number of nitrogens with one attached hydrogen (secondary N) is 2. The van der Waals surface area contributed by atoms with Gasteiger partial charge >= 0.3 is 0 Å². The smallest absolute Gasteiger partial charge is 0.255 e. The number of pyridine rings is 3. The quantitative estimate of drug-likeness (QED) is 0.405. The van der Waals surface area contributed by atoms with Gasteiger partial charge in [-0.1, -0.05) is 12.1 Å². The molecule has 0 saturated carbocycles. The van der Waals surface area contributed by atoms with Gasteiger partial charge in [0.15, 0.2) is 0 Å². The summed E-state index contributed by atoms with van der Waals surface area (Å²) in [5, 5.41) is 5.97. The Morgan fingerprint density at radius 2 is 1.56 bits per heavy atom. The average molecular weight is 454 g/mol. The van der Waals surface area contributed by atoms with Gasteiger partial charge in [-0.3, -0.25) is 14.6 Å². The van der Waals surface area contributed by atoms with E-state index in [2.05, 4.69) is 25.6 Å². The largest absolute Gasteiger partial charge is 0.384 e. The van der Waals surface area contributed by atoms with Gasteiger partial charge in [-0.2, -0.15) is 0 Å². The van der Waals surface area contributed by atoms with Gasteiger partial charge in [0.05, 0.1) is 23.8 Å². The molecule has 0 saturated heterocycles. The molecule has 0 radical (unpaired) electrons. The summed E-state index contributed by atoms with van der Waals surface area (Å²) in [5.41, 5.74) is 9.74. The van der Waals surface area contributed by atoms with Crippen LogP contribution in [0.5, 0.6) is 0 Å². The minimum atomic E-state index is -0.311. The van der Waals surface area contributed by atoms with E-state index in [-0.39, 0.29) is 17.6 Å². The molecule has 0 unspecified atom stereocenters. The zero-order chi connectivity index (χ0) is 24.1. The summed E-state index contributed by atoms with van der Waals surface area (Å²) < 4.78 is 0. The van der Waals surface area contributed by atoms with Crippen molar-refractivity contribution in [3.05, 3.63) is 90.5 Å². The first-order valence-electron chi connectivity index (χ1n) is 10.4. The van der Waals surface area contributed by atoms with Crippen LogP contribution in [0.3, 0.4) is 0 Å². The maximum atomic E-state index is 12.4. The lowest BCUT2D eigenvalue weighted by atomic mass is 10.1. The Hall–Kier alpha value is -4.79. The molecule has 0 atom stereocenters.